The van der Waals surface area contributed by atoms with Gasteiger partial charge in [0.2, 0.25) is 23.0 Å². The zero-order valence-electron chi connectivity index (χ0n) is 25.6. The maximum absolute atomic E-state index is 13.8. The zero-order chi connectivity index (χ0) is 31.1. The second kappa shape index (κ2) is 14.1. The molecule has 0 saturated heterocycles. The number of nitrogens with zero attached hydrogens (tertiary/aromatic N) is 1. The second-order valence-corrected chi connectivity index (χ2v) is 10.7. The molecule has 0 fully saturated rings. The van der Waals surface area contributed by atoms with Gasteiger partial charge in [-0.2, -0.15) is 0 Å². The Labute approximate surface area is 251 Å². The van der Waals surface area contributed by atoms with Crippen molar-refractivity contribution in [2.45, 2.75) is 58.5 Å². The van der Waals surface area contributed by atoms with Crippen LogP contribution in [-0.4, -0.2) is 55.7 Å². The van der Waals surface area contributed by atoms with Gasteiger partial charge in [-0.15, -0.1) is 0 Å². The number of hydrogen-bond acceptors (Lipinski definition) is 8. The molecule has 2 amide bonds. The standard InChI is InChI=1S/C32H41N5O6/c1-7-18(2)29(32(40)34-13-12-21-16-33-17-35-21)37-25-11-9-22-23(15-26(25)39)24(36-19(3)38)10-8-20-14-27(41-4)30(42-5)31(43-6)28(20)22/h9,11,14-18,24,29H,7-8,10,12-13H2,1-6H3,(H,33,35)(H,34,40)(H,36,38)(H,37,39)/t18-,24+,29+/m1/s1. The Kier molecular flexibility index (Phi) is 10.3. The lowest BCUT2D eigenvalue weighted by Crippen LogP contribution is -2.45. The van der Waals surface area contributed by atoms with Crippen LogP contribution in [0.5, 0.6) is 17.2 Å². The number of aromatic nitrogens is 2. The molecule has 11 heteroatoms. The van der Waals surface area contributed by atoms with Gasteiger partial charge < -0.3 is 35.1 Å². The van der Waals surface area contributed by atoms with Gasteiger partial charge in [-0.3, -0.25) is 14.4 Å². The summed E-state index contributed by atoms with van der Waals surface area (Å²) in [5.41, 5.74) is 3.98. The highest BCUT2D eigenvalue weighted by Crippen LogP contribution is 2.50. The number of carbonyl (C=O) groups is 2. The van der Waals surface area contributed by atoms with Crippen LogP contribution in [0.3, 0.4) is 0 Å². The monoisotopic (exact) mass is 591 g/mol. The van der Waals surface area contributed by atoms with Gasteiger partial charge >= 0.3 is 0 Å². The van der Waals surface area contributed by atoms with E-state index in [-0.39, 0.29) is 28.8 Å². The highest BCUT2D eigenvalue weighted by atomic mass is 16.5. The number of methoxy groups -OCH3 is 3. The zero-order valence-corrected chi connectivity index (χ0v) is 25.6. The molecule has 0 spiro atoms. The summed E-state index contributed by atoms with van der Waals surface area (Å²) in [6.07, 6.45) is 5.82. The highest BCUT2D eigenvalue weighted by Gasteiger charge is 2.30. The molecule has 1 heterocycles. The van der Waals surface area contributed by atoms with E-state index in [4.69, 9.17) is 14.2 Å². The number of aryl methyl sites for hydroxylation is 1. The Balaban J connectivity index is 1.79. The number of rotatable bonds is 12. The number of benzene rings is 1. The molecule has 1 aromatic heterocycles. The van der Waals surface area contributed by atoms with Crippen LogP contribution in [0.15, 0.2) is 41.6 Å². The summed E-state index contributed by atoms with van der Waals surface area (Å²) in [5, 5.41) is 9.24. The number of carbonyl (C=O) groups excluding carboxylic acids is 2. The van der Waals surface area contributed by atoms with Crippen LogP contribution < -0.4 is 35.6 Å². The molecule has 3 aromatic rings. The number of imidazole rings is 1. The summed E-state index contributed by atoms with van der Waals surface area (Å²) < 4.78 is 17.1. The van der Waals surface area contributed by atoms with Crippen molar-refractivity contribution in [1.29, 1.82) is 0 Å². The quantitative estimate of drug-likeness (QED) is 0.249. The van der Waals surface area contributed by atoms with Crippen molar-refractivity contribution in [3.05, 3.63) is 63.8 Å². The average molecular weight is 592 g/mol. The van der Waals surface area contributed by atoms with Gasteiger partial charge in [0.15, 0.2) is 11.5 Å². The van der Waals surface area contributed by atoms with Gasteiger partial charge in [0, 0.05) is 37.3 Å². The minimum Gasteiger partial charge on any atom is -0.493 e. The third-order valence-electron chi connectivity index (χ3n) is 7.97. The number of ether oxygens (including phenoxy) is 3. The Hall–Kier alpha value is -4.54. The fourth-order valence-electron chi connectivity index (χ4n) is 5.55. The van der Waals surface area contributed by atoms with E-state index < -0.39 is 12.1 Å². The first kappa shape index (κ1) is 31.4. The number of fused-ring (bicyclic) bond motifs is 3. The van der Waals surface area contributed by atoms with Crippen molar-refractivity contribution in [2.75, 3.05) is 33.2 Å². The maximum atomic E-state index is 13.8. The van der Waals surface area contributed by atoms with Crippen molar-refractivity contribution in [3.8, 4) is 28.4 Å². The summed E-state index contributed by atoms with van der Waals surface area (Å²) in [7, 11) is 4.67. The first-order valence-electron chi connectivity index (χ1n) is 14.5. The number of nitrogens with one attached hydrogen (secondary N) is 4. The molecule has 0 bridgehead atoms. The SMILES string of the molecule is CC[C@@H](C)[C@H](Nc1ccc2c(cc1=O)[C@@H](NC(C)=O)CCc1cc(OC)c(OC)c(OC)c1-2)C(=O)NCCc1cnc[nH]1. The summed E-state index contributed by atoms with van der Waals surface area (Å²) in [5.74, 6) is 0.984. The molecule has 0 unspecified atom stereocenters. The topological polar surface area (TPSA) is 144 Å². The van der Waals surface area contributed by atoms with E-state index in [1.807, 2.05) is 26.0 Å². The molecular weight excluding hydrogens is 550 g/mol. The third-order valence-corrected chi connectivity index (χ3v) is 7.97. The summed E-state index contributed by atoms with van der Waals surface area (Å²) >= 11 is 0. The van der Waals surface area contributed by atoms with Crippen molar-refractivity contribution in [3.63, 3.8) is 0 Å². The number of anilines is 1. The average Bonchev–Trinajstić information content (AvgIpc) is 3.41. The van der Waals surface area contributed by atoms with E-state index in [9.17, 15) is 14.4 Å². The van der Waals surface area contributed by atoms with Crippen LogP contribution in [0.25, 0.3) is 11.1 Å². The molecule has 0 saturated carbocycles. The largest absolute Gasteiger partial charge is 0.493 e. The molecule has 230 valence electrons. The Morgan fingerprint density at radius 1 is 1.12 bits per heavy atom. The van der Waals surface area contributed by atoms with Crippen LogP contribution in [-0.2, 0) is 22.4 Å². The lowest BCUT2D eigenvalue weighted by atomic mass is 9.95. The molecule has 0 aliphatic heterocycles. The van der Waals surface area contributed by atoms with E-state index in [0.29, 0.717) is 48.6 Å². The third kappa shape index (κ3) is 6.93. The van der Waals surface area contributed by atoms with Gasteiger partial charge in [0.1, 0.15) is 6.04 Å². The maximum Gasteiger partial charge on any atom is 0.242 e. The minimum atomic E-state index is -0.640. The Morgan fingerprint density at radius 3 is 2.51 bits per heavy atom. The van der Waals surface area contributed by atoms with Crippen LogP contribution >= 0.6 is 0 Å². The molecule has 1 aliphatic carbocycles. The minimum absolute atomic E-state index is 0.0560. The molecule has 4 rings (SSSR count). The van der Waals surface area contributed by atoms with E-state index in [1.54, 1.807) is 46.0 Å². The van der Waals surface area contributed by atoms with Crippen molar-refractivity contribution < 1.29 is 23.8 Å². The van der Waals surface area contributed by atoms with Crippen LogP contribution in [0.4, 0.5) is 5.69 Å². The van der Waals surface area contributed by atoms with Crippen LogP contribution in [0.1, 0.15) is 56.5 Å². The highest BCUT2D eigenvalue weighted by molar-refractivity contribution is 5.86. The Morgan fingerprint density at radius 2 is 1.88 bits per heavy atom. The summed E-state index contributed by atoms with van der Waals surface area (Å²) in [4.78, 5) is 46.4. The van der Waals surface area contributed by atoms with Gasteiger partial charge in [-0.25, -0.2) is 4.98 Å². The van der Waals surface area contributed by atoms with E-state index >= 15 is 0 Å². The first-order valence-corrected chi connectivity index (χ1v) is 14.5. The lowest BCUT2D eigenvalue weighted by molar-refractivity contribution is -0.123. The van der Waals surface area contributed by atoms with E-state index in [2.05, 4.69) is 25.9 Å². The number of H-pyrrole nitrogens is 1. The van der Waals surface area contributed by atoms with Gasteiger partial charge in [0.25, 0.3) is 0 Å². The molecular formula is C32H41N5O6. The van der Waals surface area contributed by atoms with Crippen molar-refractivity contribution >= 4 is 17.5 Å². The molecule has 4 N–H and O–H groups in total. The van der Waals surface area contributed by atoms with E-state index in [0.717, 1.165) is 28.8 Å². The Bertz CT molecular complexity index is 1510. The molecule has 3 atom stereocenters. The fraction of sp³-hybridized carbons (Fsp3) is 0.438. The number of hydrogen-bond donors (Lipinski definition) is 4. The van der Waals surface area contributed by atoms with Crippen molar-refractivity contribution in [2.24, 2.45) is 5.92 Å². The predicted molar refractivity (Wildman–Crippen MR) is 165 cm³/mol. The number of aromatic amines is 1. The summed E-state index contributed by atoms with van der Waals surface area (Å²) in [6, 6.07) is 5.94. The smallest absolute Gasteiger partial charge is 0.242 e. The number of amides is 2. The van der Waals surface area contributed by atoms with Gasteiger partial charge in [0.05, 0.1) is 39.4 Å². The van der Waals surface area contributed by atoms with E-state index in [1.165, 1.54) is 6.92 Å². The van der Waals surface area contributed by atoms with Gasteiger partial charge in [-0.1, -0.05) is 26.3 Å². The predicted octanol–water partition coefficient (Wildman–Crippen LogP) is 3.77. The first-order chi connectivity index (χ1) is 20.7. The lowest BCUT2D eigenvalue weighted by Gasteiger charge is -2.24. The molecule has 0 radical (unpaired) electrons. The second-order valence-electron chi connectivity index (χ2n) is 10.7. The van der Waals surface area contributed by atoms with Gasteiger partial charge in [-0.05, 0) is 53.6 Å². The van der Waals surface area contributed by atoms with Crippen LogP contribution in [0.2, 0.25) is 0 Å². The molecule has 11 nitrogen and oxygen atoms in total. The molecule has 1 aliphatic rings. The van der Waals surface area contributed by atoms with Crippen molar-refractivity contribution in [1.82, 2.24) is 20.6 Å². The normalized spacial score (nSPS) is 15.2. The molecule has 2 aromatic carbocycles. The fourth-order valence-corrected chi connectivity index (χ4v) is 5.55. The molecule has 43 heavy (non-hydrogen) atoms. The van der Waals surface area contributed by atoms with Crippen LogP contribution in [0, 0.1) is 5.92 Å². The summed E-state index contributed by atoms with van der Waals surface area (Å²) in [6.45, 7) is 5.87.